The number of nitrogens with one attached hydrogen (secondary N) is 1. The van der Waals surface area contributed by atoms with Crippen LogP contribution in [0.25, 0.3) is 11.3 Å². The molecule has 1 N–H and O–H groups in total. The Morgan fingerprint density at radius 1 is 1.36 bits per heavy atom. The molecule has 2 aromatic rings. The van der Waals surface area contributed by atoms with Crippen molar-refractivity contribution < 1.29 is 4.74 Å². The van der Waals surface area contributed by atoms with Gasteiger partial charge in [0.15, 0.2) is 0 Å². The van der Waals surface area contributed by atoms with E-state index in [0.717, 1.165) is 37.4 Å². The van der Waals surface area contributed by atoms with Gasteiger partial charge in [0.2, 0.25) is 11.8 Å². The van der Waals surface area contributed by atoms with Crippen LogP contribution < -0.4 is 15.2 Å². The van der Waals surface area contributed by atoms with Crippen molar-refractivity contribution in [2.45, 2.75) is 19.8 Å². The van der Waals surface area contributed by atoms with Gasteiger partial charge in [0.05, 0.1) is 18.4 Å². The number of hydrogen-bond donors (Lipinski definition) is 1. The fraction of sp³-hybridized carbons (Fsp3) is 0.438. The highest BCUT2D eigenvalue weighted by molar-refractivity contribution is 5.65. The molecular weight excluding hydrogens is 280 g/mol. The molecule has 116 valence electrons. The molecule has 1 aliphatic rings. The van der Waals surface area contributed by atoms with Gasteiger partial charge in [-0.15, -0.1) is 0 Å². The summed E-state index contributed by atoms with van der Waals surface area (Å²) in [6, 6.07) is 5.15. The molecule has 0 aromatic carbocycles. The zero-order chi connectivity index (χ0) is 15.5. The monoisotopic (exact) mass is 300 g/mol. The van der Waals surface area contributed by atoms with E-state index in [-0.39, 0.29) is 5.56 Å². The lowest BCUT2D eigenvalue weighted by Gasteiger charge is -2.30. The lowest BCUT2D eigenvalue weighted by atomic mass is 10.00. The van der Waals surface area contributed by atoms with Gasteiger partial charge in [-0.05, 0) is 30.9 Å². The van der Waals surface area contributed by atoms with Crippen molar-refractivity contribution in [3.8, 4) is 17.1 Å². The Morgan fingerprint density at radius 3 is 2.86 bits per heavy atom. The summed E-state index contributed by atoms with van der Waals surface area (Å²) in [6.07, 6.45) is 3.89. The normalized spacial score (nSPS) is 15.8. The van der Waals surface area contributed by atoms with Crippen LogP contribution in [-0.4, -0.2) is 35.2 Å². The highest BCUT2D eigenvalue weighted by atomic mass is 16.5. The van der Waals surface area contributed by atoms with E-state index in [2.05, 4.69) is 26.8 Å². The maximum absolute atomic E-state index is 12.0. The molecule has 1 fully saturated rings. The second-order valence-corrected chi connectivity index (χ2v) is 5.68. The van der Waals surface area contributed by atoms with Crippen LogP contribution in [0.15, 0.2) is 29.2 Å². The number of piperidine rings is 1. The molecular formula is C16H20N4O2. The van der Waals surface area contributed by atoms with Gasteiger partial charge in [-0.25, -0.2) is 9.97 Å². The third-order valence-electron chi connectivity index (χ3n) is 4.05. The molecule has 1 aliphatic heterocycles. The Balaban J connectivity index is 1.98. The van der Waals surface area contributed by atoms with Crippen molar-refractivity contribution in [1.82, 2.24) is 15.0 Å². The van der Waals surface area contributed by atoms with Crippen LogP contribution in [-0.2, 0) is 0 Å². The second-order valence-electron chi connectivity index (χ2n) is 5.68. The minimum atomic E-state index is -0.162. The molecule has 0 radical (unpaired) electrons. The first kappa shape index (κ1) is 14.6. The van der Waals surface area contributed by atoms with Gasteiger partial charge in [0, 0.05) is 25.4 Å². The summed E-state index contributed by atoms with van der Waals surface area (Å²) in [5.41, 5.74) is 1.15. The molecule has 0 spiro atoms. The maximum Gasteiger partial charge on any atom is 0.252 e. The lowest BCUT2D eigenvalue weighted by molar-refractivity contribution is 0.399. The van der Waals surface area contributed by atoms with E-state index in [1.165, 1.54) is 6.07 Å². The van der Waals surface area contributed by atoms with Crippen LogP contribution in [0.5, 0.6) is 5.88 Å². The van der Waals surface area contributed by atoms with Crippen molar-refractivity contribution in [3.63, 3.8) is 0 Å². The first-order valence-electron chi connectivity index (χ1n) is 7.53. The number of aromatic amines is 1. The third-order valence-corrected chi connectivity index (χ3v) is 4.05. The summed E-state index contributed by atoms with van der Waals surface area (Å²) in [4.78, 5) is 25.8. The molecule has 6 nitrogen and oxygen atoms in total. The Kier molecular flexibility index (Phi) is 4.09. The number of ether oxygens (including phenoxy) is 1. The summed E-state index contributed by atoms with van der Waals surface area (Å²) in [5, 5.41) is 0. The molecule has 3 rings (SSSR count). The molecule has 2 aromatic heterocycles. The number of pyridine rings is 1. The summed E-state index contributed by atoms with van der Waals surface area (Å²) < 4.78 is 5.26. The third kappa shape index (κ3) is 2.95. The molecule has 0 amide bonds. The van der Waals surface area contributed by atoms with Crippen LogP contribution in [0.3, 0.4) is 0 Å². The van der Waals surface area contributed by atoms with Gasteiger partial charge >= 0.3 is 0 Å². The van der Waals surface area contributed by atoms with Crippen LogP contribution in [0.2, 0.25) is 0 Å². The number of rotatable bonds is 3. The topological polar surface area (TPSA) is 71.1 Å². The minimum Gasteiger partial charge on any atom is -0.481 e. The van der Waals surface area contributed by atoms with Crippen molar-refractivity contribution >= 4 is 5.95 Å². The van der Waals surface area contributed by atoms with E-state index >= 15 is 0 Å². The van der Waals surface area contributed by atoms with Crippen molar-refractivity contribution in [2.75, 3.05) is 25.1 Å². The van der Waals surface area contributed by atoms with Crippen molar-refractivity contribution in [1.29, 1.82) is 0 Å². The summed E-state index contributed by atoms with van der Waals surface area (Å²) >= 11 is 0. The first-order valence-corrected chi connectivity index (χ1v) is 7.53. The smallest absolute Gasteiger partial charge is 0.252 e. The van der Waals surface area contributed by atoms with E-state index in [0.29, 0.717) is 17.5 Å². The number of hydrogen-bond acceptors (Lipinski definition) is 5. The average Bonchev–Trinajstić information content (AvgIpc) is 2.55. The van der Waals surface area contributed by atoms with Gasteiger partial charge in [-0.2, -0.15) is 0 Å². The molecule has 0 unspecified atom stereocenters. The molecule has 0 saturated carbocycles. The Morgan fingerprint density at radius 2 is 2.14 bits per heavy atom. The minimum absolute atomic E-state index is 0.162. The predicted molar refractivity (Wildman–Crippen MR) is 85.3 cm³/mol. The number of H-pyrrole nitrogens is 1. The Hall–Kier alpha value is -2.37. The fourth-order valence-corrected chi connectivity index (χ4v) is 2.70. The fourth-order valence-electron chi connectivity index (χ4n) is 2.70. The predicted octanol–water partition coefficient (Wildman–Crippen LogP) is 2.08. The molecule has 0 bridgehead atoms. The molecule has 3 heterocycles. The van der Waals surface area contributed by atoms with E-state index in [4.69, 9.17) is 4.74 Å². The van der Waals surface area contributed by atoms with Crippen molar-refractivity contribution in [3.05, 3.63) is 34.7 Å². The standard InChI is InChI=1S/C16H20N4O2/c1-11-5-8-20(9-6-11)16-18-13(10-14(21)19-16)12-4-3-7-17-15(12)22-2/h3-4,7,10-11H,5-6,8-9H2,1-2H3,(H,18,19,21). The largest absolute Gasteiger partial charge is 0.481 e. The van der Waals surface area contributed by atoms with Crippen LogP contribution >= 0.6 is 0 Å². The summed E-state index contributed by atoms with van der Waals surface area (Å²) in [6.45, 7) is 4.08. The van der Waals surface area contributed by atoms with E-state index < -0.39 is 0 Å². The molecule has 0 aliphatic carbocycles. The number of anilines is 1. The highest BCUT2D eigenvalue weighted by Gasteiger charge is 2.19. The lowest BCUT2D eigenvalue weighted by Crippen LogP contribution is -2.35. The zero-order valence-corrected chi connectivity index (χ0v) is 12.9. The molecule has 1 saturated heterocycles. The van der Waals surface area contributed by atoms with E-state index in [1.54, 1.807) is 13.3 Å². The number of aromatic nitrogens is 3. The Labute approximate surface area is 129 Å². The quantitative estimate of drug-likeness (QED) is 0.939. The second kappa shape index (κ2) is 6.17. The number of methoxy groups -OCH3 is 1. The Bertz CT molecular complexity index is 705. The van der Waals surface area contributed by atoms with Crippen LogP contribution in [0.4, 0.5) is 5.95 Å². The molecule has 22 heavy (non-hydrogen) atoms. The van der Waals surface area contributed by atoms with Gasteiger partial charge < -0.3 is 9.64 Å². The average molecular weight is 300 g/mol. The summed E-state index contributed by atoms with van der Waals surface area (Å²) in [7, 11) is 1.56. The van der Waals surface area contributed by atoms with Crippen LogP contribution in [0, 0.1) is 5.92 Å². The SMILES string of the molecule is COc1ncccc1-c1cc(=O)[nH]c(N2CCC(C)CC2)n1. The van der Waals surface area contributed by atoms with Crippen LogP contribution in [0.1, 0.15) is 19.8 Å². The first-order chi connectivity index (χ1) is 10.7. The van der Waals surface area contributed by atoms with E-state index in [9.17, 15) is 4.79 Å². The van der Waals surface area contributed by atoms with E-state index in [1.807, 2.05) is 12.1 Å². The van der Waals surface area contributed by atoms with Crippen molar-refractivity contribution in [2.24, 2.45) is 5.92 Å². The zero-order valence-electron chi connectivity index (χ0n) is 12.9. The number of nitrogens with zero attached hydrogens (tertiary/aromatic N) is 3. The van der Waals surface area contributed by atoms with Gasteiger partial charge in [-0.1, -0.05) is 6.92 Å². The van der Waals surface area contributed by atoms with Gasteiger partial charge in [-0.3, -0.25) is 9.78 Å². The summed E-state index contributed by atoms with van der Waals surface area (Å²) in [5.74, 6) is 1.82. The maximum atomic E-state index is 12.0. The van der Waals surface area contributed by atoms with Gasteiger partial charge in [0.25, 0.3) is 5.56 Å². The molecule has 0 atom stereocenters. The van der Waals surface area contributed by atoms with Gasteiger partial charge in [0.1, 0.15) is 0 Å². The molecule has 6 heteroatoms. The highest BCUT2D eigenvalue weighted by Crippen LogP contribution is 2.26.